The van der Waals surface area contributed by atoms with Gasteiger partial charge < -0.3 is 4.90 Å². The van der Waals surface area contributed by atoms with E-state index < -0.39 is 0 Å². The van der Waals surface area contributed by atoms with E-state index in [9.17, 15) is 9.59 Å². The normalized spacial score (nSPS) is 19.8. The topological polar surface area (TPSA) is 40.6 Å². The van der Waals surface area contributed by atoms with Gasteiger partial charge in [-0.3, -0.25) is 9.59 Å². The predicted octanol–water partition coefficient (Wildman–Crippen LogP) is 4.94. The van der Waals surface area contributed by atoms with Crippen molar-refractivity contribution in [2.45, 2.75) is 47.5 Å². The van der Waals surface area contributed by atoms with Crippen LogP contribution in [-0.2, 0) is 9.59 Å². The number of aryl methyl sites for hydroxylation is 3. The van der Waals surface area contributed by atoms with Crippen LogP contribution in [0, 0.1) is 33.6 Å². The SMILES string of the molecule is Cc1ccc(C2=C(N3CCCC(C)C3)C(=O)N(c3cccc(C)c3C)C2=O)cc1C. The number of benzene rings is 2. The van der Waals surface area contributed by atoms with Gasteiger partial charge >= 0.3 is 0 Å². The molecule has 4 nitrogen and oxygen atoms in total. The van der Waals surface area contributed by atoms with Crippen LogP contribution in [0.2, 0.25) is 0 Å². The van der Waals surface area contributed by atoms with Gasteiger partial charge in [0.05, 0.1) is 11.3 Å². The molecule has 0 N–H and O–H groups in total. The molecule has 0 spiro atoms. The number of hydrogen-bond donors (Lipinski definition) is 0. The van der Waals surface area contributed by atoms with Gasteiger partial charge in [0.15, 0.2) is 0 Å². The first-order valence-corrected chi connectivity index (χ1v) is 10.8. The summed E-state index contributed by atoms with van der Waals surface area (Å²) in [5.74, 6) is 0.0890. The number of hydrogen-bond acceptors (Lipinski definition) is 3. The molecule has 0 radical (unpaired) electrons. The molecule has 0 saturated carbocycles. The molecule has 156 valence electrons. The standard InChI is InChI=1S/C26H30N2O2/c1-16-8-7-13-27(15-16)24-23(21-12-11-17(2)19(4)14-21)25(29)28(26(24)30)22-10-6-9-18(3)20(22)5/h6,9-12,14,16H,7-8,13,15H2,1-5H3. The van der Waals surface area contributed by atoms with E-state index in [0.717, 1.165) is 48.2 Å². The number of rotatable bonds is 3. The second-order valence-corrected chi connectivity index (χ2v) is 8.88. The summed E-state index contributed by atoms with van der Waals surface area (Å²) in [5, 5.41) is 0. The fourth-order valence-electron chi connectivity index (χ4n) is 4.56. The van der Waals surface area contributed by atoms with Crippen molar-refractivity contribution in [3.63, 3.8) is 0 Å². The minimum absolute atomic E-state index is 0.198. The molecule has 0 aliphatic carbocycles. The van der Waals surface area contributed by atoms with Crippen molar-refractivity contribution in [3.05, 3.63) is 69.9 Å². The Kier molecular flexibility index (Phi) is 5.27. The van der Waals surface area contributed by atoms with Crippen molar-refractivity contribution >= 4 is 23.1 Å². The van der Waals surface area contributed by atoms with E-state index >= 15 is 0 Å². The number of carbonyl (C=O) groups excluding carboxylic acids is 2. The molecule has 0 aromatic heterocycles. The molecule has 1 saturated heterocycles. The first-order chi connectivity index (χ1) is 14.3. The lowest BCUT2D eigenvalue weighted by Gasteiger charge is -2.33. The Morgan fingerprint density at radius 3 is 2.37 bits per heavy atom. The van der Waals surface area contributed by atoms with Gasteiger partial charge in [0.25, 0.3) is 11.8 Å². The first-order valence-electron chi connectivity index (χ1n) is 10.8. The van der Waals surface area contributed by atoms with Gasteiger partial charge in [-0.25, -0.2) is 4.90 Å². The molecular weight excluding hydrogens is 372 g/mol. The maximum absolute atomic E-state index is 13.7. The molecule has 1 unspecified atom stereocenters. The van der Waals surface area contributed by atoms with Crippen LogP contribution in [-0.4, -0.2) is 29.8 Å². The fraction of sp³-hybridized carbons (Fsp3) is 0.385. The lowest BCUT2D eigenvalue weighted by Crippen LogP contribution is -2.39. The molecule has 2 heterocycles. The summed E-state index contributed by atoms with van der Waals surface area (Å²) in [4.78, 5) is 31.0. The van der Waals surface area contributed by atoms with E-state index in [4.69, 9.17) is 0 Å². The van der Waals surface area contributed by atoms with Crippen LogP contribution in [0.4, 0.5) is 5.69 Å². The van der Waals surface area contributed by atoms with Gasteiger partial charge in [-0.05, 0) is 80.3 Å². The number of likely N-dealkylation sites (tertiary alicyclic amines) is 1. The van der Waals surface area contributed by atoms with Crippen LogP contribution in [0.15, 0.2) is 42.1 Å². The minimum Gasteiger partial charge on any atom is -0.366 e. The van der Waals surface area contributed by atoms with Gasteiger partial charge in [0.2, 0.25) is 0 Å². The van der Waals surface area contributed by atoms with Crippen molar-refractivity contribution in [2.75, 3.05) is 18.0 Å². The van der Waals surface area contributed by atoms with Crippen LogP contribution in [0.25, 0.3) is 5.57 Å². The lowest BCUT2D eigenvalue weighted by molar-refractivity contribution is -0.120. The average Bonchev–Trinajstić information content (AvgIpc) is 2.97. The quantitative estimate of drug-likeness (QED) is 0.683. The van der Waals surface area contributed by atoms with Crippen molar-refractivity contribution in [1.82, 2.24) is 4.90 Å². The Hall–Kier alpha value is -2.88. The summed E-state index contributed by atoms with van der Waals surface area (Å²) in [5.41, 5.74) is 6.96. The van der Waals surface area contributed by atoms with Crippen molar-refractivity contribution in [1.29, 1.82) is 0 Å². The highest BCUT2D eigenvalue weighted by atomic mass is 16.2. The summed E-state index contributed by atoms with van der Waals surface area (Å²) in [7, 11) is 0. The Bertz CT molecular complexity index is 1070. The van der Waals surface area contributed by atoms with E-state index in [-0.39, 0.29) is 11.8 Å². The molecule has 2 aliphatic heterocycles. The van der Waals surface area contributed by atoms with Crippen LogP contribution in [0.3, 0.4) is 0 Å². The summed E-state index contributed by atoms with van der Waals surface area (Å²) >= 11 is 0. The largest absolute Gasteiger partial charge is 0.366 e. The van der Waals surface area contributed by atoms with Gasteiger partial charge in [-0.15, -0.1) is 0 Å². The molecule has 2 aromatic carbocycles. The zero-order valence-corrected chi connectivity index (χ0v) is 18.6. The number of amides is 2. The zero-order valence-electron chi connectivity index (χ0n) is 18.6. The minimum atomic E-state index is -0.217. The second kappa shape index (κ2) is 7.75. The Balaban J connectivity index is 1.88. The third kappa shape index (κ3) is 3.34. The molecule has 2 aromatic rings. The molecule has 1 fully saturated rings. The van der Waals surface area contributed by atoms with Crippen molar-refractivity contribution in [3.8, 4) is 0 Å². The molecule has 2 aliphatic rings. The summed E-state index contributed by atoms with van der Waals surface area (Å²) in [6.45, 7) is 11.9. The maximum Gasteiger partial charge on any atom is 0.282 e. The number of anilines is 1. The second-order valence-electron chi connectivity index (χ2n) is 8.88. The van der Waals surface area contributed by atoms with Crippen LogP contribution >= 0.6 is 0 Å². The van der Waals surface area contributed by atoms with E-state index in [1.54, 1.807) is 0 Å². The van der Waals surface area contributed by atoms with Crippen LogP contribution in [0.5, 0.6) is 0 Å². The molecular formula is C26H30N2O2. The highest BCUT2D eigenvalue weighted by molar-refractivity contribution is 6.45. The summed E-state index contributed by atoms with van der Waals surface area (Å²) < 4.78 is 0. The van der Waals surface area contributed by atoms with E-state index in [2.05, 4.69) is 18.7 Å². The maximum atomic E-state index is 13.7. The van der Waals surface area contributed by atoms with Crippen molar-refractivity contribution in [2.24, 2.45) is 5.92 Å². The highest BCUT2D eigenvalue weighted by Gasteiger charge is 2.43. The van der Waals surface area contributed by atoms with Crippen molar-refractivity contribution < 1.29 is 9.59 Å². The summed E-state index contributed by atoms with van der Waals surface area (Å²) in [6, 6.07) is 11.8. The Morgan fingerprint density at radius 2 is 1.67 bits per heavy atom. The number of nitrogens with zero attached hydrogens (tertiary/aromatic N) is 2. The molecule has 0 bridgehead atoms. The van der Waals surface area contributed by atoms with E-state index in [1.165, 1.54) is 10.5 Å². The van der Waals surface area contributed by atoms with Gasteiger partial charge in [0, 0.05) is 13.1 Å². The molecule has 1 atom stereocenters. The van der Waals surface area contributed by atoms with Gasteiger partial charge in [-0.2, -0.15) is 0 Å². The molecule has 30 heavy (non-hydrogen) atoms. The smallest absolute Gasteiger partial charge is 0.282 e. The fourth-order valence-corrected chi connectivity index (χ4v) is 4.56. The Morgan fingerprint density at radius 1 is 0.900 bits per heavy atom. The summed E-state index contributed by atoms with van der Waals surface area (Å²) in [6.07, 6.45) is 2.20. The third-order valence-corrected chi connectivity index (χ3v) is 6.65. The number of carbonyl (C=O) groups is 2. The number of piperidine rings is 1. The zero-order chi connectivity index (χ0) is 21.6. The predicted molar refractivity (Wildman–Crippen MR) is 121 cm³/mol. The lowest BCUT2D eigenvalue weighted by atomic mass is 9.96. The molecule has 4 rings (SSSR count). The Labute approximate surface area is 179 Å². The van der Waals surface area contributed by atoms with E-state index in [0.29, 0.717) is 22.9 Å². The first kappa shape index (κ1) is 20.4. The molecule has 2 amide bonds. The molecule has 4 heteroatoms. The van der Waals surface area contributed by atoms with Crippen LogP contribution < -0.4 is 4.90 Å². The highest BCUT2D eigenvalue weighted by Crippen LogP contribution is 2.38. The average molecular weight is 403 g/mol. The third-order valence-electron chi connectivity index (χ3n) is 6.65. The van der Waals surface area contributed by atoms with Gasteiger partial charge in [0.1, 0.15) is 5.70 Å². The van der Waals surface area contributed by atoms with Gasteiger partial charge in [-0.1, -0.05) is 37.3 Å². The monoisotopic (exact) mass is 402 g/mol. The van der Waals surface area contributed by atoms with E-state index in [1.807, 2.05) is 57.2 Å². The number of imide groups is 1. The van der Waals surface area contributed by atoms with Crippen LogP contribution in [0.1, 0.15) is 47.6 Å².